The van der Waals surface area contributed by atoms with Crippen LogP contribution in [-0.4, -0.2) is 83.9 Å². The lowest BCUT2D eigenvalue weighted by atomic mass is 10.3. The molecular formula is C19H50N4O6Si2. The quantitative estimate of drug-likeness (QED) is 0.144. The Morgan fingerprint density at radius 1 is 0.677 bits per heavy atom. The van der Waals surface area contributed by atoms with Gasteiger partial charge in [-0.3, -0.25) is 0 Å². The Morgan fingerprint density at radius 3 is 1.55 bits per heavy atom. The van der Waals surface area contributed by atoms with Crippen LogP contribution in [0.1, 0.15) is 46.5 Å². The van der Waals surface area contributed by atoms with Gasteiger partial charge in [0.15, 0.2) is 0 Å². The highest BCUT2D eigenvalue weighted by molar-refractivity contribution is 6.61. The van der Waals surface area contributed by atoms with Crippen molar-refractivity contribution in [2.24, 2.45) is 22.9 Å². The standard InChI is InChI=1S/C11H28N2O3Si.C8H22N2O3Si/c1-4-14-17(15-5-2,10-6-8-12)16-11(3)7-9-13;1-11-14(12-2,8-4-6-10)13-7-3-5-9/h11H,4-10,12-13H2,1-3H3;3-10H2,1-2H3. The molecule has 0 aromatic carbocycles. The molecule has 31 heavy (non-hydrogen) atoms. The first-order chi connectivity index (χ1) is 14.9. The Kier molecular flexibility index (Phi) is 23.4. The van der Waals surface area contributed by atoms with Crippen molar-refractivity contribution < 1.29 is 26.6 Å². The van der Waals surface area contributed by atoms with Gasteiger partial charge in [-0.2, -0.15) is 0 Å². The van der Waals surface area contributed by atoms with Crippen molar-refractivity contribution in [1.29, 1.82) is 0 Å². The molecular weight excluding hydrogens is 436 g/mol. The lowest BCUT2D eigenvalue weighted by Gasteiger charge is -2.31. The first-order valence-corrected chi connectivity index (χ1v) is 15.2. The van der Waals surface area contributed by atoms with Crippen molar-refractivity contribution in [3.8, 4) is 0 Å². The Morgan fingerprint density at radius 2 is 1.16 bits per heavy atom. The molecule has 0 rings (SSSR count). The third kappa shape index (κ3) is 16.3. The van der Waals surface area contributed by atoms with E-state index >= 15 is 0 Å². The van der Waals surface area contributed by atoms with Gasteiger partial charge in [0.1, 0.15) is 0 Å². The number of nitrogens with two attached hydrogens (primary N) is 4. The van der Waals surface area contributed by atoms with Gasteiger partial charge in [-0.1, -0.05) is 0 Å². The molecule has 8 N–H and O–H groups in total. The van der Waals surface area contributed by atoms with Crippen LogP contribution in [0.25, 0.3) is 0 Å². The minimum atomic E-state index is -2.55. The van der Waals surface area contributed by atoms with Crippen molar-refractivity contribution in [1.82, 2.24) is 0 Å². The van der Waals surface area contributed by atoms with Crippen LogP contribution in [0.2, 0.25) is 12.1 Å². The van der Waals surface area contributed by atoms with Gasteiger partial charge in [-0.05, 0) is 72.6 Å². The highest BCUT2D eigenvalue weighted by Crippen LogP contribution is 2.20. The normalized spacial score (nSPS) is 13.1. The molecule has 0 bridgehead atoms. The summed E-state index contributed by atoms with van der Waals surface area (Å²) in [6.07, 6.45) is 3.43. The molecule has 0 aromatic rings. The average Bonchev–Trinajstić information content (AvgIpc) is 2.76. The molecule has 0 saturated heterocycles. The van der Waals surface area contributed by atoms with Gasteiger partial charge in [0.2, 0.25) is 0 Å². The van der Waals surface area contributed by atoms with Crippen LogP contribution in [0, 0.1) is 0 Å². The fourth-order valence-corrected chi connectivity index (χ4v) is 7.70. The zero-order chi connectivity index (χ0) is 24.0. The van der Waals surface area contributed by atoms with Gasteiger partial charge in [0, 0.05) is 52.2 Å². The van der Waals surface area contributed by atoms with Crippen LogP contribution in [0.3, 0.4) is 0 Å². The second-order valence-corrected chi connectivity index (χ2v) is 12.6. The van der Waals surface area contributed by atoms with Crippen LogP contribution in [0.15, 0.2) is 0 Å². The van der Waals surface area contributed by atoms with Gasteiger partial charge in [-0.25, -0.2) is 0 Å². The fraction of sp³-hybridized carbons (Fsp3) is 1.00. The van der Waals surface area contributed by atoms with E-state index in [2.05, 4.69) is 0 Å². The van der Waals surface area contributed by atoms with Crippen LogP contribution in [-0.2, 0) is 26.6 Å². The molecule has 0 amide bonds. The number of hydrogen-bond acceptors (Lipinski definition) is 10. The van der Waals surface area contributed by atoms with E-state index in [0.717, 1.165) is 37.8 Å². The summed E-state index contributed by atoms with van der Waals surface area (Å²) in [6, 6.07) is 1.54. The van der Waals surface area contributed by atoms with Gasteiger partial charge in [0.05, 0.1) is 0 Å². The maximum atomic E-state index is 6.02. The molecule has 190 valence electrons. The zero-order valence-corrected chi connectivity index (χ0v) is 22.5. The average molecular weight is 487 g/mol. The molecule has 0 aromatic heterocycles. The summed E-state index contributed by atoms with van der Waals surface area (Å²) in [5, 5.41) is 0. The topological polar surface area (TPSA) is 159 Å². The summed E-state index contributed by atoms with van der Waals surface area (Å²) < 4.78 is 33.9. The van der Waals surface area contributed by atoms with E-state index in [-0.39, 0.29) is 6.10 Å². The SMILES string of the molecule is CCO[Si](CCCN)(OCC)OC(C)CCN.CO[Si](CCCN)(OC)OCCCN. The minimum Gasteiger partial charge on any atom is -0.377 e. The zero-order valence-electron chi connectivity index (χ0n) is 20.5. The Bertz CT molecular complexity index is 379. The summed E-state index contributed by atoms with van der Waals surface area (Å²) >= 11 is 0. The van der Waals surface area contributed by atoms with Crippen LogP contribution in [0.5, 0.6) is 0 Å². The molecule has 0 aliphatic carbocycles. The van der Waals surface area contributed by atoms with Gasteiger partial charge >= 0.3 is 17.6 Å². The molecule has 10 nitrogen and oxygen atoms in total. The smallest absolute Gasteiger partial charge is 0.377 e. The highest BCUT2D eigenvalue weighted by atomic mass is 28.4. The third-order valence-corrected chi connectivity index (χ3v) is 10.4. The van der Waals surface area contributed by atoms with Crippen molar-refractivity contribution in [2.45, 2.75) is 64.6 Å². The first-order valence-electron chi connectivity index (χ1n) is 11.4. The van der Waals surface area contributed by atoms with E-state index in [1.165, 1.54) is 0 Å². The largest absolute Gasteiger partial charge is 0.501 e. The van der Waals surface area contributed by atoms with Crippen LogP contribution < -0.4 is 22.9 Å². The maximum absolute atomic E-state index is 6.02. The summed E-state index contributed by atoms with van der Waals surface area (Å²) in [4.78, 5) is 0. The molecule has 0 saturated carbocycles. The number of rotatable bonds is 20. The van der Waals surface area contributed by atoms with Crippen molar-refractivity contribution >= 4 is 17.6 Å². The van der Waals surface area contributed by atoms with E-state index in [9.17, 15) is 0 Å². The Labute approximate surface area is 192 Å². The minimum absolute atomic E-state index is 0.0718. The summed E-state index contributed by atoms with van der Waals surface area (Å²) in [5.74, 6) is 0. The van der Waals surface area contributed by atoms with Gasteiger partial charge in [0.25, 0.3) is 0 Å². The molecule has 0 aliphatic rings. The van der Waals surface area contributed by atoms with Crippen molar-refractivity contribution in [3.05, 3.63) is 0 Å². The molecule has 1 unspecified atom stereocenters. The van der Waals surface area contributed by atoms with Gasteiger partial charge < -0.3 is 49.5 Å². The first kappa shape index (κ1) is 33.2. The van der Waals surface area contributed by atoms with E-state index in [1.54, 1.807) is 14.2 Å². The lowest BCUT2D eigenvalue weighted by Crippen LogP contribution is -2.48. The monoisotopic (exact) mass is 486 g/mol. The predicted molar refractivity (Wildman–Crippen MR) is 130 cm³/mol. The Balaban J connectivity index is 0. The summed E-state index contributed by atoms with van der Waals surface area (Å²) in [7, 11) is -1.75. The maximum Gasteiger partial charge on any atom is 0.501 e. The number of hydrogen-bond donors (Lipinski definition) is 4. The lowest BCUT2D eigenvalue weighted by molar-refractivity contribution is 0.0362. The van der Waals surface area contributed by atoms with E-state index < -0.39 is 17.6 Å². The van der Waals surface area contributed by atoms with Crippen molar-refractivity contribution in [2.75, 3.05) is 60.2 Å². The molecule has 0 aliphatic heterocycles. The highest BCUT2D eigenvalue weighted by Gasteiger charge is 2.41. The molecule has 12 heteroatoms. The van der Waals surface area contributed by atoms with Gasteiger partial charge in [-0.15, -0.1) is 0 Å². The Hall–Kier alpha value is 0.0338. The van der Waals surface area contributed by atoms with Crippen LogP contribution in [0.4, 0.5) is 0 Å². The molecule has 0 spiro atoms. The molecule has 1 atom stereocenters. The molecule has 0 heterocycles. The van der Waals surface area contributed by atoms with Crippen molar-refractivity contribution in [3.63, 3.8) is 0 Å². The predicted octanol–water partition coefficient (Wildman–Crippen LogP) is 1.03. The molecule has 0 radical (unpaired) electrons. The third-order valence-electron chi connectivity index (χ3n) is 4.35. The molecule has 0 fully saturated rings. The van der Waals surface area contributed by atoms with E-state index in [0.29, 0.717) is 46.0 Å². The van der Waals surface area contributed by atoms with Crippen LogP contribution >= 0.6 is 0 Å². The summed E-state index contributed by atoms with van der Waals surface area (Å²) in [6.45, 7) is 10.2. The second-order valence-electron chi connectivity index (χ2n) is 6.92. The fourth-order valence-electron chi connectivity index (χ4n) is 2.78. The van der Waals surface area contributed by atoms with E-state index in [4.69, 9.17) is 49.5 Å². The van der Waals surface area contributed by atoms with E-state index in [1.807, 2.05) is 20.8 Å². The second kappa shape index (κ2) is 21.9. The summed E-state index contributed by atoms with van der Waals surface area (Å²) in [5.41, 5.74) is 21.9.